The van der Waals surface area contributed by atoms with Gasteiger partial charge in [0.15, 0.2) is 5.78 Å². The summed E-state index contributed by atoms with van der Waals surface area (Å²) in [5.41, 5.74) is 3.79. The summed E-state index contributed by atoms with van der Waals surface area (Å²) >= 11 is 0. The van der Waals surface area contributed by atoms with Gasteiger partial charge >= 0.3 is 6.09 Å². The van der Waals surface area contributed by atoms with E-state index in [0.29, 0.717) is 11.5 Å². The van der Waals surface area contributed by atoms with Crippen molar-refractivity contribution in [3.63, 3.8) is 0 Å². The Hall–Kier alpha value is -4.16. The van der Waals surface area contributed by atoms with E-state index in [0.717, 1.165) is 48.9 Å². The zero-order valence-corrected chi connectivity index (χ0v) is 21.5. The molecule has 0 unspecified atom stereocenters. The molecule has 1 aliphatic heterocycles. The SMILES string of the molecule is O=C(NCn1cc(C(=O)C=CC2CCN(Cc3ccccc3)CC2)c2ccccc21)OCc1ccccc1. The van der Waals surface area contributed by atoms with Gasteiger partial charge in [0.05, 0.1) is 12.2 Å². The number of aromatic nitrogens is 1. The maximum absolute atomic E-state index is 13.2. The number of nitrogens with one attached hydrogen (secondary N) is 1. The summed E-state index contributed by atoms with van der Waals surface area (Å²) in [5, 5.41) is 3.66. The largest absolute Gasteiger partial charge is 0.445 e. The van der Waals surface area contributed by atoms with E-state index in [1.165, 1.54) is 5.56 Å². The quantitative estimate of drug-likeness (QED) is 0.217. The minimum absolute atomic E-state index is 0.0154. The Morgan fingerprint density at radius 1 is 0.868 bits per heavy atom. The first kappa shape index (κ1) is 25.5. The number of fused-ring (bicyclic) bond motifs is 1. The maximum Gasteiger partial charge on any atom is 0.408 e. The molecular formula is C32H33N3O3. The van der Waals surface area contributed by atoms with Crippen LogP contribution in [0.5, 0.6) is 0 Å². The van der Waals surface area contributed by atoms with Crippen LogP contribution in [-0.2, 0) is 24.6 Å². The molecule has 4 aromatic rings. The second-order valence-electron chi connectivity index (χ2n) is 9.75. The predicted octanol–water partition coefficient (Wildman–Crippen LogP) is 6.18. The monoisotopic (exact) mass is 507 g/mol. The van der Waals surface area contributed by atoms with Crippen molar-refractivity contribution in [1.82, 2.24) is 14.8 Å². The van der Waals surface area contributed by atoms with Crippen molar-refractivity contribution in [2.45, 2.75) is 32.7 Å². The standard InChI is InChI=1S/C32H33N3O3/c36-31(16-15-25-17-19-34(20-18-25)21-26-9-3-1-4-10-26)29-22-35(30-14-8-7-13-28(29)30)24-33-32(37)38-23-27-11-5-2-6-12-27/h1-16,22,25H,17-21,23-24H2,(H,33,37). The van der Waals surface area contributed by atoms with Gasteiger partial charge < -0.3 is 14.6 Å². The zero-order chi connectivity index (χ0) is 26.2. The van der Waals surface area contributed by atoms with Gasteiger partial charge in [0.2, 0.25) is 0 Å². The predicted molar refractivity (Wildman–Crippen MR) is 150 cm³/mol. The van der Waals surface area contributed by atoms with E-state index < -0.39 is 6.09 Å². The first-order valence-electron chi connectivity index (χ1n) is 13.2. The normalized spacial score (nSPS) is 14.6. The maximum atomic E-state index is 13.2. The smallest absolute Gasteiger partial charge is 0.408 e. The first-order valence-corrected chi connectivity index (χ1v) is 13.2. The Labute approximate surface area is 223 Å². The van der Waals surface area contributed by atoms with Crippen molar-refractivity contribution in [3.8, 4) is 0 Å². The highest BCUT2D eigenvalue weighted by Crippen LogP contribution is 2.24. The van der Waals surface area contributed by atoms with Crippen LogP contribution in [0.3, 0.4) is 0 Å². The zero-order valence-electron chi connectivity index (χ0n) is 21.5. The molecule has 0 atom stereocenters. The van der Waals surface area contributed by atoms with Crippen LogP contribution in [-0.4, -0.2) is 34.4 Å². The number of likely N-dealkylation sites (tertiary alicyclic amines) is 1. The molecule has 5 rings (SSSR count). The average molecular weight is 508 g/mol. The molecule has 1 N–H and O–H groups in total. The van der Waals surface area contributed by atoms with Crippen molar-refractivity contribution < 1.29 is 14.3 Å². The van der Waals surface area contributed by atoms with Crippen LogP contribution in [0.15, 0.2) is 103 Å². The summed E-state index contributed by atoms with van der Waals surface area (Å²) < 4.78 is 7.19. The van der Waals surface area contributed by atoms with Crippen molar-refractivity contribution in [3.05, 3.63) is 120 Å². The number of benzene rings is 3. The van der Waals surface area contributed by atoms with Crippen molar-refractivity contribution in [2.75, 3.05) is 13.1 Å². The van der Waals surface area contributed by atoms with Crippen LogP contribution in [0.1, 0.15) is 34.3 Å². The lowest BCUT2D eigenvalue weighted by atomic mass is 9.95. The van der Waals surface area contributed by atoms with Crippen LogP contribution in [0, 0.1) is 5.92 Å². The highest BCUT2D eigenvalue weighted by atomic mass is 16.5. The summed E-state index contributed by atoms with van der Waals surface area (Å²) in [6.07, 6.45) is 7.22. The van der Waals surface area contributed by atoms with E-state index in [2.05, 4.69) is 40.6 Å². The van der Waals surface area contributed by atoms with Gasteiger partial charge in [0.25, 0.3) is 0 Å². The molecule has 0 bridgehead atoms. The summed E-state index contributed by atoms with van der Waals surface area (Å²) in [4.78, 5) is 27.9. The molecule has 1 saturated heterocycles. The molecule has 0 radical (unpaired) electrons. The third-order valence-corrected chi connectivity index (χ3v) is 7.06. The number of nitrogens with zero attached hydrogens (tertiary/aromatic N) is 2. The molecular weight excluding hydrogens is 474 g/mol. The molecule has 3 aromatic carbocycles. The van der Waals surface area contributed by atoms with Crippen LogP contribution in [0.4, 0.5) is 4.79 Å². The van der Waals surface area contributed by atoms with Crippen molar-refractivity contribution in [1.29, 1.82) is 0 Å². The number of rotatable bonds is 9. The Morgan fingerprint density at radius 3 is 2.26 bits per heavy atom. The van der Waals surface area contributed by atoms with E-state index in [-0.39, 0.29) is 19.1 Å². The molecule has 1 fully saturated rings. The number of hydrogen-bond acceptors (Lipinski definition) is 4. The molecule has 0 aliphatic carbocycles. The lowest BCUT2D eigenvalue weighted by Crippen LogP contribution is -2.32. The molecule has 1 amide bonds. The third-order valence-electron chi connectivity index (χ3n) is 7.06. The number of alkyl carbamates (subject to hydrolysis) is 1. The van der Waals surface area contributed by atoms with Crippen LogP contribution in [0.25, 0.3) is 10.9 Å². The van der Waals surface area contributed by atoms with E-state index in [1.54, 1.807) is 6.08 Å². The lowest BCUT2D eigenvalue weighted by Gasteiger charge is -2.30. The number of amides is 1. The number of allylic oxidation sites excluding steroid dienone is 2. The van der Waals surface area contributed by atoms with Gasteiger partial charge in [-0.3, -0.25) is 9.69 Å². The fourth-order valence-corrected chi connectivity index (χ4v) is 4.96. The Morgan fingerprint density at radius 2 is 1.53 bits per heavy atom. The fraction of sp³-hybridized carbons (Fsp3) is 0.250. The molecule has 194 valence electrons. The number of para-hydroxylation sites is 1. The number of carbonyl (C=O) groups excluding carboxylic acids is 2. The summed E-state index contributed by atoms with van der Waals surface area (Å²) in [5.74, 6) is 0.388. The van der Waals surface area contributed by atoms with Gasteiger partial charge in [-0.15, -0.1) is 0 Å². The summed E-state index contributed by atoms with van der Waals surface area (Å²) in [6, 6.07) is 27.9. The van der Waals surface area contributed by atoms with E-state index in [1.807, 2.05) is 71.4 Å². The molecule has 1 aromatic heterocycles. The number of ether oxygens (including phenoxy) is 1. The minimum atomic E-state index is -0.502. The fourth-order valence-electron chi connectivity index (χ4n) is 4.96. The Bertz CT molecular complexity index is 1390. The molecule has 38 heavy (non-hydrogen) atoms. The van der Waals surface area contributed by atoms with Gasteiger partial charge in [-0.1, -0.05) is 84.9 Å². The molecule has 1 aliphatic rings. The number of carbonyl (C=O) groups is 2. The molecule has 0 saturated carbocycles. The van der Waals surface area contributed by atoms with Crippen molar-refractivity contribution >= 4 is 22.8 Å². The summed E-state index contributed by atoms with van der Waals surface area (Å²) in [7, 11) is 0. The van der Waals surface area contributed by atoms with Gasteiger partial charge in [-0.25, -0.2) is 4.79 Å². The van der Waals surface area contributed by atoms with E-state index in [9.17, 15) is 9.59 Å². The van der Waals surface area contributed by atoms with Gasteiger partial charge in [-0.2, -0.15) is 0 Å². The van der Waals surface area contributed by atoms with Gasteiger partial charge in [-0.05, 0) is 55.1 Å². The van der Waals surface area contributed by atoms with Crippen molar-refractivity contribution in [2.24, 2.45) is 5.92 Å². The van der Waals surface area contributed by atoms with E-state index in [4.69, 9.17) is 4.74 Å². The average Bonchev–Trinajstić information content (AvgIpc) is 3.34. The highest BCUT2D eigenvalue weighted by molar-refractivity contribution is 6.13. The molecule has 0 spiro atoms. The summed E-state index contributed by atoms with van der Waals surface area (Å²) in [6.45, 7) is 3.46. The second-order valence-corrected chi connectivity index (χ2v) is 9.75. The number of ketones is 1. The minimum Gasteiger partial charge on any atom is -0.445 e. The van der Waals surface area contributed by atoms with Crippen LogP contribution in [0.2, 0.25) is 0 Å². The third kappa shape index (κ3) is 6.58. The van der Waals surface area contributed by atoms with Crippen LogP contribution >= 0.6 is 0 Å². The molecule has 2 heterocycles. The molecule has 6 heteroatoms. The van der Waals surface area contributed by atoms with Crippen LogP contribution < -0.4 is 5.32 Å². The Balaban J connectivity index is 1.16. The van der Waals surface area contributed by atoms with E-state index >= 15 is 0 Å². The van der Waals surface area contributed by atoms with Gasteiger partial charge in [0, 0.05) is 23.7 Å². The lowest BCUT2D eigenvalue weighted by molar-refractivity contribution is 0.104. The topological polar surface area (TPSA) is 63.6 Å². The first-order chi connectivity index (χ1) is 18.7. The molecule has 6 nitrogen and oxygen atoms in total. The number of hydrogen-bond donors (Lipinski definition) is 1. The number of piperidine rings is 1. The Kier molecular flexibility index (Phi) is 8.31. The highest BCUT2D eigenvalue weighted by Gasteiger charge is 2.19. The van der Waals surface area contributed by atoms with Gasteiger partial charge in [0.1, 0.15) is 6.61 Å². The second kappa shape index (κ2) is 12.4.